The number of hydrogen-bond acceptors (Lipinski definition) is 6. The fourth-order valence-electron chi connectivity index (χ4n) is 5.70. The predicted octanol–water partition coefficient (Wildman–Crippen LogP) is 5.43. The van der Waals surface area contributed by atoms with Gasteiger partial charge >= 0.3 is 24.0 Å². The highest BCUT2D eigenvalue weighted by Gasteiger charge is 2.43. The average molecular weight is 593 g/mol. The van der Waals surface area contributed by atoms with E-state index in [0.717, 1.165) is 12.8 Å². The molecule has 0 bridgehead atoms. The first kappa shape index (κ1) is 37.0. The number of ether oxygens (including phenoxy) is 2. The topological polar surface area (TPSA) is 117 Å². The van der Waals surface area contributed by atoms with E-state index in [4.69, 9.17) is 9.47 Å². The summed E-state index contributed by atoms with van der Waals surface area (Å²) in [5.74, 6) is -0.957. The summed E-state index contributed by atoms with van der Waals surface area (Å²) in [6.45, 7) is 29.6. The number of amides is 4. The predicted molar refractivity (Wildman–Crippen MR) is 166 cm³/mol. The van der Waals surface area contributed by atoms with Gasteiger partial charge in [-0.05, 0) is 85.5 Å². The van der Waals surface area contributed by atoms with Gasteiger partial charge in [0.2, 0.25) is 0 Å². The Morgan fingerprint density at radius 1 is 0.786 bits per heavy atom. The fraction of sp³-hybridized carbons (Fsp3) is 0.750. The zero-order chi connectivity index (χ0) is 32.7. The van der Waals surface area contributed by atoms with Crippen LogP contribution in [0.25, 0.3) is 0 Å². The third-order valence-corrected chi connectivity index (χ3v) is 7.34. The SMILES string of the molecule is C=C(C)C(=O)OCCN(C(=O)NCC1(C)CC(NC(=O)N(CCOC(=O)C(=C)C)C(C)(C)C)CC(C)(C)C1)C(C)(C)C. The van der Waals surface area contributed by atoms with E-state index in [0.29, 0.717) is 24.1 Å². The maximum Gasteiger partial charge on any atom is 0.333 e. The molecule has 10 nitrogen and oxygen atoms in total. The van der Waals surface area contributed by atoms with Gasteiger partial charge in [-0.25, -0.2) is 19.2 Å². The van der Waals surface area contributed by atoms with E-state index in [1.165, 1.54) is 0 Å². The number of hydrogen-bond donors (Lipinski definition) is 2. The number of carbonyl (C=O) groups excluding carboxylic acids is 4. The van der Waals surface area contributed by atoms with E-state index in [2.05, 4.69) is 44.6 Å². The molecule has 0 aromatic rings. The van der Waals surface area contributed by atoms with Gasteiger partial charge in [-0.15, -0.1) is 0 Å². The summed E-state index contributed by atoms with van der Waals surface area (Å²) >= 11 is 0. The highest BCUT2D eigenvalue weighted by atomic mass is 16.5. The summed E-state index contributed by atoms with van der Waals surface area (Å²) in [7, 11) is 0. The zero-order valence-corrected chi connectivity index (χ0v) is 28.0. The second kappa shape index (κ2) is 14.4. The Bertz CT molecular complexity index is 1020. The highest BCUT2D eigenvalue weighted by molar-refractivity contribution is 5.87. The van der Waals surface area contributed by atoms with Crippen LogP contribution in [0.3, 0.4) is 0 Å². The minimum Gasteiger partial charge on any atom is -0.460 e. The molecule has 0 spiro atoms. The molecular formula is C32H56N4O6. The Morgan fingerprint density at radius 3 is 1.62 bits per heavy atom. The van der Waals surface area contributed by atoms with Crippen LogP contribution in [-0.4, -0.2) is 83.8 Å². The maximum atomic E-state index is 13.5. The summed E-state index contributed by atoms with van der Waals surface area (Å²) in [6, 6.07) is -0.556. The lowest BCUT2D eigenvalue weighted by Gasteiger charge is -2.48. The summed E-state index contributed by atoms with van der Waals surface area (Å²) in [5, 5.41) is 6.35. The number of urea groups is 2. The Kier molecular flexibility index (Phi) is 12.7. The van der Waals surface area contributed by atoms with Crippen LogP contribution in [-0.2, 0) is 19.1 Å². The molecule has 0 aromatic carbocycles. The molecule has 2 atom stereocenters. The molecule has 240 valence electrons. The Labute approximate surface area is 253 Å². The van der Waals surface area contributed by atoms with Gasteiger partial charge in [-0.3, -0.25) is 0 Å². The van der Waals surface area contributed by atoms with E-state index in [9.17, 15) is 19.2 Å². The molecule has 1 fully saturated rings. The summed E-state index contributed by atoms with van der Waals surface area (Å²) < 4.78 is 10.5. The molecule has 1 aliphatic carbocycles. The van der Waals surface area contributed by atoms with Gasteiger partial charge in [0.05, 0.1) is 13.1 Å². The van der Waals surface area contributed by atoms with E-state index >= 15 is 0 Å². The van der Waals surface area contributed by atoms with Crippen LogP contribution in [0.15, 0.2) is 24.3 Å². The molecule has 2 N–H and O–H groups in total. The number of carbonyl (C=O) groups is 4. The first-order valence-electron chi connectivity index (χ1n) is 14.8. The van der Waals surface area contributed by atoms with Gasteiger partial charge in [0.1, 0.15) is 13.2 Å². The molecule has 0 heterocycles. The van der Waals surface area contributed by atoms with E-state index in [1.54, 1.807) is 23.6 Å². The standard InChI is InChI=1S/C32H56N4O6/c1-22(2)25(37)41-16-14-35(29(5,6)7)27(39)33-21-32(13)19-24(18-31(11,12)20-32)34-28(40)36(30(8,9)10)15-17-42-26(38)23(3)4/h24H,1,3,14-21H2,2,4-13H3,(H,33,39)(H,34,40). The van der Waals surface area contributed by atoms with Crippen LogP contribution >= 0.6 is 0 Å². The smallest absolute Gasteiger partial charge is 0.333 e. The summed E-state index contributed by atoms with van der Waals surface area (Å²) in [4.78, 5) is 53.8. The second-order valence-electron chi connectivity index (χ2n) is 14.8. The molecule has 2 unspecified atom stereocenters. The lowest BCUT2D eigenvalue weighted by atomic mass is 9.62. The highest BCUT2D eigenvalue weighted by Crippen LogP contribution is 2.46. The van der Waals surface area contributed by atoms with Crippen molar-refractivity contribution in [1.82, 2.24) is 20.4 Å². The summed E-state index contributed by atoms with van der Waals surface area (Å²) in [6.07, 6.45) is 2.36. The number of nitrogens with one attached hydrogen (secondary N) is 2. The molecule has 1 rings (SSSR count). The Balaban J connectivity index is 2.93. The maximum absolute atomic E-state index is 13.5. The van der Waals surface area contributed by atoms with Crippen molar-refractivity contribution in [2.45, 2.75) is 113 Å². The van der Waals surface area contributed by atoms with Crippen LogP contribution in [0, 0.1) is 10.8 Å². The zero-order valence-electron chi connectivity index (χ0n) is 28.0. The van der Waals surface area contributed by atoms with Crippen LogP contribution in [0.4, 0.5) is 9.59 Å². The van der Waals surface area contributed by atoms with Crippen molar-refractivity contribution in [1.29, 1.82) is 0 Å². The largest absolute Gasteiger partial charge is 0.460 e. The van der Waals surface area contributed by atoms with Crippen molar-refractivity contribution >= 4 is 24.0 Å². The second-order valence-corrected chi connectivity index (χ2v) is 14.8. The number of nitrogens with zero attached hydrogens (tertiary/aromatic N) is 2. The van der Waals surface area contributed by atoms with Crippen molar-refractivity contribution in [3.63, 3.8) is 0 Å². The lowest BCUT2D eigenvalue weighted by molar-refractivity contribution is -0.140. The van der Waals surface area contributed by atoms with Crippen molar-refractivity contribution in [3.05, 3.63) is 24.3 Å². The quantitative estimate of drug-likeness (QED) is 0.244. The molecule has 0 saturated heterocycles. The van der Waals surface area contributed by atoms with E-state index < -0.39 is 23.0 Å². The van der Waals surface area contributed by atoms with Gasteiger partial charge in [0.15, 0.2) is 0 Å². The number of rotatable bonds is 11. The molecule has 0 aliphatic heterocycles. The molecule has 42 heavy (non-hydrogen) atoms. The first-order valence-corrected chi connectivity index (χ1v) is 14.8. The van der Waals surface area contributed by atoms with Crippen molar-refractivity contribution < 1.29 is 28.7 Å². The fourth-order valence-corrected chi connectivity index (χ4v) is 5.70. The van der Waals surface area contributed by atoms with Gasteiger partial charge in [-0.2, -0.15) is 0 Å². The monoisotopic (exact) mass is 592 g/mol. The van der Waals surface area contributed by atoms with Crippen molar-refractivity contribution in [3.8, 4) is 0 Å². The van der Waals surface area contributed by atoms with Crippen LogP contribution in [0.5, 0.6) is 0 Å². The normalized spacial score (nSPS) is 20.1. The molecule has 1 aliphatic rings. The van der Waals surface area contributed by atoms with Gasteiger partial charge in [0, 0.05) is 34.8 Å². The third-order valence-electron chi connectivity index (χ3n) is 7.34. The minimum absolute atomic E-state index is 0.0697. The lowest BCUT2D eigenvalue weighted by Crippen LogP contribution is -2.57. The molecule has 10 heteroatoms. The van der Waals surface area contributed by atoms with Crippen LogP contribution in [0.1, 0.15) is 95.4 Å². The van der Waals surface area contributed by atoms with Gasteiger partial charge in [-0.1, -0.05) is 33.9 Å². The molecule has 4 amide bonds. The van der Waals surface area contributed by atoms with Crippen molar-refractivity contribution in [2.75, 3.05) is 32.8 Å². The van der Waals surface area contributed by atoms with E-state index in [1.807, 2.05) is 41.5 Å². The molecule has 0 aromatic heterocycles. The Hall–Kier alpha value is -3.04. The molecule has 1 saturated carbocycles. The first-order chi connectivity index (χ1) is 19.0. The van der Waals surface area contributed by atoms with Crippen LogP contribution in [0.2, 0.25) is 0 Å². The minimum atomic E-state index is -0.490. The Morgan fingerprint density at radius 2 is 1.21 bits per heavy atom. The average Bonchev–Trinajstić information content (AvgIpc) is 2.79. The molecule has 0 radical (unpaired) electrons. The van der Waals surface area contributed by atoms with Crippen LogP contribution < -0.4 is 10.6 Å². The van der Waals surface area contributed by atoms with Crippen molar-refractivity contribution in [2.24, 2.45) is 10.8 Å². The molecular weight excluding hydrogens is 536 g/mol. The van der Waals surface area contributed by atoms with Gasteiger partial charge < -0.3 is 29.9 Å². The van der Waals surface area contributed by atoms with E-state index in [-0.39, 0.29) is 55.2 Å². The number of esters is 2. The third kappa shape index (κ3) is 12.1. The summed E-state index contributed by atoms with van der Waals surface area (Å²) in [5.41, 5.74) is -0.689. The van der Waals surface area contributed by atoms with Gasteiger partial charge in [0.25, 0.3) is 0 Å².